The second-order valence-electron chi connectivity index (χ2n) is 6.08. The zero-order valence-electron chi connectivity index (χ0n) is 15.9. The third-order valence-electron chi connectivity index (χ3n) is 4.02. The number of hydrogen-bond acceptors (Lipinski definition) is 5. The first-order valence-electron chi connectivity index (χ1n) is 8.74. The zero-order chi connectivity index (χ0) is 21.6. The fourth-order valence-corrected chi connectivity index (χ4v) is 3.82. The van der Waals surface area contributed by atoms with E-state index in [9.17, 15) is 8.42 Å². The highest BCUT2D eigenvalue weighted by atomic mass is 35.5. The van der Waals surface area contributed by atoms with E-state index >= 15 is 0 Å². The Morgan fingerprint density at radius 1 is 1.00 bits per heavy atom. The molecule has 3 aromatic rings. The average molecular weight is 465 g/mol. The van der Waals surface area contributed by atoms with Crippen LogP contribution in [-0.2, 0) is 16.6 Å². The Kier molecular flexibility index (Phi) is 7.20. The lowest BCUT2D eigenvalue weighted by Crippen LogP contribution is -2.18. The van der Waals surface area contributed by atoms with Gasteiger partial charge in [0.25, 0.3) is 10.0 Å². The van der Waals surface area contributed by atoms with Gasteiger partial charge >= 0.3 is 0 Å². The van der Waals surface area contributed by atoms with Gasteiger partial charge in [0.05, 0.1) is 23.2 Å². The summed E-state index contributed by atoms with van der Waals surface area (Å²) >= 11 is 12.5. The molecule has 0 saturated carbocycles. The molecule has 3 aromatic carbocycles. The van der Waals surface area contributed by atoms with Crippen molar-refractivity contribution in [3.8, 4) is 11.5 Å². The van der Waals surface area contributed by atoms with Crippen LogP contribution in [0.2, 0.25) is 10.0 Å². The Bertz CT molecular complexity index is 1150. The third kappa shape index (κ3) is 5.44. The Hall–Kier alpha value is -2.74. The van der Waals surface area contributed by atoms with E-state index in [1.807, 2.05) is 18.2 Å². The zero-order valence-corrected chi connectivity index (χ0v) is 18.2. The summed E-state index contributed by atoms with van der Waals surface area (Å²) < 4.78 is 35.6. The van der Waals surface area contributed by atoms with Gasteiger partial charge in [-0.1, -0.05) is 59.6 Å². The van der Waals surface area contributed by atoms with Gasteiger partial charge in [-0.2, -0.15) is 13.5 Å². The standard InChI is InChI=1S/C21H18Cl2N2O4S/c1-28-20-12-15(13-24-25-30(26,27)17-8-3-2-4-9-17)11-19(23)21(20)29-14-16-7-5-6-10-18(16)22/h2-13,25H,14H2,1H3/b24-13-. The summed E-state index contributed by atoms with van der Waals surface area (Å²) in [6, 6.07) is 18.5. The molecule has 0 aliphatic heterocycles. The molecule has 0 spiro atoms. The molecule has 0 atom stereocenters. The lowest BCUT2D eigenvalue weighted by Gasteiger charge is -2.14. The highest BCUT2D eigenvalue weighted by molar-refractivity contribution is 7.89. The van der Waals surface area contributed by atoms with E-state index in [4.69, 9.17) is 32.7 Å². The number of ether oxygens (including phenoxy) is 2. The van der Waals surface area contributed by atoms with Gasteiger partial charge in [-0.05, 0) is 35.9 Å². The van der Waals surface area contributed by atoms with Crippen molar-refractivity contribution in [1.82, 2.24) is 4.83 Å². The predicted octanol–water partition coefficient (Wildman–Crippen LogP) is 4.89. The highest BCUT2D eigenvalue weighted by Crippen LogP contribution is 2.37. The number of methoxy groups -OCH3 is 1. The first-order valence-corrected chi connectivity index (χ1v) is 11.0. The molecular weight excluding hydrogens is 447 g/mol. The maximum Gasteiger partial charge on any atom is 0.276 e. The first-order chi connectivity index (χ1) is 14.4. The number of hydrogen-bond donors (Lipinski definition) is 1. The van der Waals surface area contributed by atoms with Gasteiger partial charge in [0.1, 0.15) is 6.61 Å². The number of halogens is 2. The van der Waals surface area contributed by atoms with E-state index in [-0.39, 0.29) is 16.5 Å². The van der Waals surface area contributed by atoms with Crippen LogP contribution >= 0.6 is 23.2 Å². The Morgan fingerprint density at radius 2 is 1.70 bits per heavy atom. The van der Waals surface area contributed by atoms with Gasteiger partial charge in [0.2, 0.25) is 0 Å². The minimum absolute atomic E-state index is 0.112. The molecule has 0 aliphatic carbocycles. The summed E-state index contributed by atoms with van der Waals surface area (Å²) in [5.41, 5.74) is 1.33. The van der Waals surface area contributed by atoms with Crippen LogP contribution in [-0.4, -0.2) is 21.7 Å². The molecule has 1 N–H and O–H groups in total. The van der Waals surface area contributed by atoms with Crippen LogP contribution in [0.25, 0.3) is 0 Å². The van der Waals surface area contributed by atoms with Crippen molar-refractivity contribution < 1.29 is 17.9 Å². The molecule has 0 aromatic heterocycles. The van der Waals surface area contributed by atoms with Gasteiger partial charge in [-0.25, -0.2) is 4.83 Å². The SMILES string of the molecule is COc1cc(/C=N\NS(=O)(=O)c2ccccc2)cc(Cl)c1OCc1ccccc1Cl. The lowest BCUT2D eigenvalue weighted by atomic mass is 10.2. The van der Waals surface area contributed by atoms with E-state index in [0.29, 0.717) is 22.1 Å². The molecule has 0 amide bonds. The summed E-state index contributed by atoms with van der Waals surface area (Å²) in [5.74, 6) is 0.725. The number of rotatable bonds is 8. The molecule has 0 heterocycles. The van der Waals surface area contributed by atoms with E-state index in [1.165, 1.54) is 25.5 Å². The van der Waals surface area contributed by atoms with Crippen molar-refractivity contribution in [2.45, 2.75) is 11.5 Å². The molecule has 0 saturated heterocycles. The van der Waals surface area contributed by atoms with Gasteiger partial charge in [-0.3, -0.25) is 0 Å². The van der Waals surface area contributed by atoms with Crippen LogP contribution in [0, 0.1) is 0 Å². The van der Waals surface area contributed by atoms with Gasteiger partial charge in [0, 0.05) is 10.6 Å². The van der Waals surface area contributed by atoms with Crippen molar-refractivity contribution in [2.24, 2.45) is 5.10 Å². The largest absolute Gasteiger partial charge is 0.493 e. The smallest absolute Gasteiger partial charge is 0.276 e. The van der Waals surface area contributed by atoms with E-state index in [0.717, 1.165) is 5.56 Å². The minimum Gasteiger partial charge on any atom is -0.493 e. The normalized spacial score (nSPS) is 11.4. The quantitative estimate of drug-likeness (QED) is 0.380. The number of sulfonamides is 1. The molecule has 0 bridgehead atoms. The third-order valence-corrected chi connectivity index (χ3v) is 5.91. The Labute approximate surface area is 185 Å². The molecule has 0 radical (unpaired) electrons. The molecule has 30 heavy (non-hydrogen) atoms. The highest BCUT2D eigenvalue weighted by Gasteiger charge is 2.14. The van der Waals surface area contributed by atoms with E-state index < -0.39 is 10.0 Å². The average Bonchev–Trinajstić information content (AvgIpc) is 2.74. The summed E-state index contributed by atoms with van der Waals surface area (Å²) in [4.78, 5) is 2.27. The maximum absolute atomic E-state index is 12.2. The van der Waals surface area contributed by atoms with E-state index in [1.54, 1.807) is 36.4 Å². The maximum atomic E-state index is 12.2. The van der Waals surface area contributed by atoms with Gasteiger partial charge in [-0.15, -0.1) is 0 Å². The number of nitrogens with zero attached hydrogens (tertiary/aromatic N) is 1. The Balaban J connectivity index is 1.75. The van der Waals surface area contributed by atoms with Crippen molar-refractivity contribution in [1.29, 1.82) is 0 Å². The van der Waals surface area contributed by atoms with Crippen LogP contribution in [0.15, 0.2) is 76.7 Å². The Morgan fingerprint density at radius 3 is 2.40 bits per heavy atom. The predicted molar refractivity (Wildman–Crippen MR) is 118 cm³/mol. The van der Waals surface area contributed by atoms with Gasteiger partial charge < -0.3 is 9.47 Å². The number of nitrogens with one attached hydrogen (secondary N) is 1. The molecule has 9 heteroatoms. The molecule has 0 aliphatic rings. The van der Waals surface area contributed by atoms with Gasteiger partial charge in [0.15, 0.2) is 11.5 Å². The number of hydrazone groups is 1. The van der Waals surface area contributed by atoms with Crippen molar-refractivity contribution >= 4 is 39.4 Å². The van der Waals surface area contributed by atoms with Crippen LogP contribution in [0.4, 0.5) is 0 Å². The lowest BCUT2D eigenvalue weighted by molar-refractivity contribution is 0.285. The number of benzene rings is 3. The van der Waals surface area contributed by atoms with Crippen molar-refractivity contribution in [3.63, 3.8) is 0 Å². The topological polar surface area (TPSA) is 77.0 Å². The van der Waals surface area contributed by atoms with Crippen LogP contribution in [0.1, 0.15) is 11.1 Å². The van der Waals surface area contributed by atoms with Crippen LogP contribution in [0.3, 0.4) is 0 Å². The first kappa shape index (κ1) is 22.0. The summed E-state index contributed by atoms with van der Waals surface area (Å²) in [6.45, 7) is 0.208. The fourth-order valence-electron chi connectivity index (χ4n) is 2.54. The monoisotopic (exact) mass is 464 g/mol. The molecule has 6 nitrogen and oxygen atoms in total. The fraction of sp³-hybridized carbons (Fsp3) is 0.0952. The van der Waals surface area contributed by atoms with Crippen molar-refractivity contribution in [3.05, 3.63) is 87.9 Å². The second-order valence-corrected chi connectivity index (χ2v) is 8.56. The molecule has 0 fully saturated rings. The van der Waals surface area contributed by atoms with Crippen LogP contribution < -0.4 is 14.3 Å². The second kappa shape index (κ2) is 9.84. The molecule has 156 valence electrons. The van der Waals surface area contributed by atoms with Crippen LogP contribution in [0.5, 0.6) is 11.5 Å². The van der Waals surface area contributed by atoms with E-state index in [2.05, 4.69) is 9.93 Å². The van der Waals surface area contributed by atoms with Crippen molar-refractivity contribution in [2.75, 3.05) is 7.11 Å². The molecule has 0 unspecified atom stereocenters. The minimum atomic E-state index is -3.76. The summed E-state index contributed by atoms with van der Waals surface area (Å²) in [6.07, 6.45) is 1.33. The molecule has 3 rings (SSSR count). The molecular formula is C21H18Cl2N2O4S. The summed E-state index contributed by atoms with van der Waals surface area (Å²) in [5, 5.41) is 4.68. The summed E-state index contributed by atoms with van der Waals surface area (Å²) in [7, 11) is -2.28.